The molecule has 29 heavy (non-hydrogen) atoms. The van der Waals surface area contributed by atoms with E-state index in [-0.39, 0.29) is 5.82 Å². The maximum atomic E-state index is 15.5. The van der Waals surface area contributed by atoms with Crippen LogP contribution in [0.2, 0.25) is 0 Å². The second kappa shape index (κ2) is 5.79. The summed E-state index contributed by atoms with van der Waals surface area (Å²) in [6, 6.07) is 5.31. The molecule has 0 amide bonds. The number of anilines is 1. The van der Waals surface area contributed by atoms with E-state index in [0.29, 0.717) is 28.5 Å². The Bertz CT molecular complexity index is 1290. The Morgan fingerprint density at radius 2 is 2.03 bits per heavy atom. The maximum absolute atomic E-state index is 15.5. The fraction of sp³-hybridized carbons (Fsp3) is 0.286. The molecule has 1 aliphatic heterocycles. The van der Waals surface area contributed by atoms with Crippen LogP contribution >= 0.6 is 0 Å². The zero-order chi connectivity index (χ0) is 20.5. The molecule has 148 valence electrons. The number of pyridine rings is 1. The third kappa shape index (κ3) is 2.31. The van der Waals surface area contributed by atoms with Gasteiger partial charge in [-0.1, -0.05) is 0 Å². The molecule has 7 nitrogen and oxygen atoms in total. The number of fused-ring (bicyclic) bond motifs is 4. The zero-order valence-corrected chi connectivity index (χ0v) is 16.9. The molecule has 0 unspecified atom stereocenters. The fourth-order valence-corrected chi connectivity index (χ4v) is 4.22. The van der Waals surface area contributed by atoms with Crippen molar-refractivity contribution < 1.29 is 9.13 Å². The topological polar surface area (TPSA) is 69.8 Å². The molecule has 3 aromatic heterocycles. The minimum absolute atomic E-state index is 0.366. The van der Waals surface area contributed by atoms with Crippen LogP contribution in [0.1, 0.15) is 25.5 Å². The number of ether oxygens (including phenoxy) is 1. The van der Waals surface area contributed by atoms with E-state index >= 15 is 4.39 Å². The van der Waals surface area contributed by atoms with Crippen molar-refractivity contribution in [3.8, 4) is 22.6 Å². The molecule has 0 spiro atoms. The van der Waals surface area contributed by atoms with Gasteiger partial charge in [0.2, 0.25) is 0 Å². The first-order valence-corrected chi connectivity index (χ1v) is 9.35. The molecular formula is C21H21FN6O. The van der Waals surface area contributed by atoms with Crippen LogP contribution in [-0.4, -0.2) is 31.4 Å². The molecule has 0 bridgehead atoms. The molecule has 0 atom stereocenters. The third-order valence-electron chi connectivity index (χ3n) is 5.47. The van der Waals surface area contributed by atoms with Crippen molar-refractivity contribution >= 4 is 16.7 Å². The highest BCUT2D eigenvalue weighted by atomic mass is 19.1. The second-order valence-corrected chi connectivity index (χ2v) is 7.85. The van der Waals surface area contributed by atoms with Gasteiger partial charge in [0.1, 0.15) is 23.0 Å². The van der Waals surface area contributed by atoms with Crippen LogP contribution in [0.15, 0.2) is 30.6 Å². The first-order chi connectivity index (χ1) is 13.8. The van der Waals surface area contributed by atoms with Crippen molar-refractivity contribution in [1.29, 1.82) is 0 Å². The van der Waals surface area contributed by atoms with E-state index in [1.165, 1.54) is 6.07 Å². The van der Waals surface area contributed by atoms with E-state index in [1.54, 1.807) is 13.3 Å². The molecule has 4 aromatic rings. The highest BCUT2D eigenvalue weighted by Crippen LogP contribution is 2.48. The van der Waals surface area contributed by atoms with E-state index in [4.69, 9.17) is 4.74 Å². The molecule has 0 fully saturated rings. The van der Waals surface area contributed by atoms with E-state index in [1.807, 2.05) is 55.3 Å². The normalized spacial score (nSPS) is 14.4. The molecule has 0 aliphatic carbocycles. The van der Waals surface area contributed by atoms with Gasteiger partial charge >= 0.3 is 0 Å². The van der Waals surface area contributed by atoms with E-state index in [0.717, 1.165) is 22.4 Å². The number of aryl methyl sites for hydroxylation is 2. The van der Waals surface area contributed by atoms with Crippen molar-refractivity contribution in [2.75, 3.05) is 12.4 Å². The third-order valence-corrected chi connectivity index (χ3v) is 5.47. The molecule has 8 heteroatoms. The van der Waals surface area contributed by atoms with Gasteiger partial charge in [0, 0.05) is 36.5 Å². The van der Waals surface area contributed by atoms with Crippen LogP contribution in [-0.2, 0) is 12.6 Å². The molecule has 1 aromatic carbocycles. The molecular weight excluding hydrogens is 371 g/mol. The average molecular weight is 392 g/mol. The minimum Gasteiger partial charge on any atom is -0.494 e. The number of nitrogens with one attached hydrogen (secondary N) is 1. The van der Waals surface area contributed by atoms with Crippen LogP contribution in [0.25, 0.3) is 27.8 Å². The number of nitrogens with zero attached hydrogens (tertiary/aromatic N) is 5. The summed E-state index contributed by atoms with van der Waals surface area (Å²) in [6.07, 6.45) is 3.61. The van der Waals surface area contributed by atoms with Gasteiger partial charge in [-0.05, 0) is 32.9 Å². The standard InChI is InChI=1S/C21H21FN6O/c1-11-25-26-20-21(2,3)24-15-9-14(22)16(18(29-5)17(15)28(11)20)13-10-27(4)19-12(13)7-6-8-23-19/h6-10,24H,1-5H3. The van der Waals surface area contributed by atoms with Crippen LogP contribution in [0, 0.1) is 12.7 Å². The largest absolute Gasteiger partial charge is 0.494 e. The number of aromatic nitrogens is 5. The molecule has 0 radical (unpaired) electrons. The van der Waals surface area contributed by atoms with E-state index in [9.17, 15) is 0 Å². The Kier molecular flexibility index (Phi) is 3.53. The van der Waals surface area contributed by atoms with Gasteiger partial charge in [-0.15, -0.1) is 10.2 Å². The summed E-state index contributed by atoms with van der Waals surface area (Å²) in [5, 5.41) is 12.8. The molecule has 0 saturated heterocycles. The Labute approximate surface area is 167 Å². The molecule has 1 aliphatic rings. The average Bonchev–Trinajstić information content (AvgIpc) is 3.22. The summed E-state index contributed by atoms with van der Waals surface area (Å²) in [6.45, 7) is 5.86. The van der Waals surface area contributed by atoms with Crippen molar-refractivity contribution in [3.63, 3.8) is 0 Å². The van der Waals surface area contributed by atoms with Crippen molar-refractivity contribution in [1.82, 2.24) is 24.3 Å². The predicted molar refractivity (Wildman–Crippen MR) is 109 cm³/mol. The second-order valence-electron chi connectivity index (χ2n) is 7.85. The number of methoxy groups -OCH3 is 1. The molecule has 0 saturated carbocycles. The summed E-state index contributed by atoms with van der Waals surface area (Å²) in [4.78, 5) is 4.42. The number of hydrogen-bond donors (Lipinski definition) is 1. The maximum Gasteiger partial charge on any atom is 0.162 e. The zero-order valence-electron chi connectivity index (χ0n) is 16.9. The summed E-state index contributed by atoms with van der Waals surface area (Å²) in [5.41, 5.74) is 2.75. The molecule has 4 heterocycles. The van der Waals surface area contributed by atoms with E-state index < -0.39 is 5.54 Å². The van der Waals surface area contributed by atoms with Crippen LogP contribution in [0.4, 0.5) is 10.1 Å². The van der Waals surface area contributed by atoms with Crippen molar-refractivity contribution in [3.05, 3.63) is 48.1 Å². The highest BCUT2D eigenvalue weighted by molar-refractivity contribution is 5.98. The first-order valence-electron chi connectivity index (χ1n) is 9.35. The van der Waals surface area contributed by atoms with Gasteiger partial charge in [0.05, 0.1) is 23.9 Å². The SMILES string of the molecule is COc1c(-c2cn(C)c3ncccc23)c(F)cc2c1-n1c(C)nnc1C(C)(C)N2. The number of halogens is 1. The van der Waals surface area contributed by atoms with Crippen molar-refractivity contribution in [2.45, 2.75) is 26.3 Å². The number of rotatable bonds is 2. The number of hydrogen-bond acceptors (Lipinski definition) is 5. The summed E-state index contributed by atoms with van der Waals surface area (Å²) in [7, 11) is 3.45. The quantitative estimate of drug-likeness (QED) is 0.560. The summed E-state index contributed by atoms with van der Waals surface area (Å²) in [5.74, 6) is 1.53. The minimum atomic E-state index is -0.503. The van der Waals surface area contributed by atoms with Gasteiger partial charge in [-0.2, -0.15) is 0 Å². The van der Waals surface area contributed by atoms with Gasteiger partial charge in [-0.25, -0.2) is 9.37 Å². The van der Waals surface area contributed by atoms with Gasteiger partial charge < -0.3 is 14.6 Å². The highest BCUT2D eigenvalue weighted by Gasteiger charge is 2.37. The lowest BCUT2D eigenvalue weighted by Crippen LogP contribution is -2.36. The lowest BCUT2D eigenvalue weighted by atomic mass is 9.96. The Morgan fingerprint density at radius 3 is 2.79 bits per heavy atom. The molecule has 1 N–H and O–H groups in total. The van der Waals surface area contributed by atoms with Crippen LogP contribution in [0.3, 0.4) is 0 Å². The first kappa shape index (κ1) is 17.7. The predicted octanol–water partition coefficient (Wildman–Crippen LogP) is 3.94. The summed E-state index contributed by atoms with van der Waals surface area (Å²) < 4.78 is 25.1. The Hall–Kier alpha value is -3.42. The van der Waals surface area contributed by atoms with Crippen molar-refractivity contribution in [2.24, 2.45) is 7.05 Å². The smallest absolute Gasteiger partial charge is 0.162 e. The molecule has 5 rings (SSSR count). The lowest BCUT2D eigenvalue weighted by Gasteiger charge is -2.35. The lowest BCUT2D eigenvalue weighted by molar-refractivity contribution is 0.408. The monoisotopic (exact) mass is 392 g/mol. The number of benzene rings is 1. The summed E-state index contributed by atoms with van der Waals surface area (Å²) >= 11 is 0. The Morgan fingerprint density at radius 1 is 1.24 bits per heavy atom. The van der Waals surface area contributed by atoms with E-state index in [2.05, 4.69) is 20.5 Å². The van der Waals surface area contributed by atoms with Gasteiger partial charge in [0.15, 0.2) is 11.6 Å². The Balaban J connectivity index is 1.89. The van der Waals surface area contributed by atoms with Gasteiger partial charge in [0.25, 0.3) is 0 Å². The van der Waals surface area contributed by atoms with Crippen LogP contribution < -0.4 is 10.1 Å². The fourth-order valence-electron chi connectivity index (χ4n) is 4.22. The van der Waals surface area contributed by atoms with Gasteiger partial charge in [-0.3, -0.25) is 4.57 Å². The van der Waals surface area contributed by atoms with Crippen LogP contribution in [0.5, 0.6) is 5.75 Å².